The molecule has 1 unspecified atom stereocenters. The number of ether oxygens (including phenoxy) is 1. The Morgan fingerprint density at radius 1 is 1.00 bits per heavy atom. The first kappa shape index (κ1) is 18.7. The van der Waals surface area contributed by atoms with E-state index < -0.39 is 12.5 Å². The van der Waals surface area contributed by atoms with Gasteiger partial charge in [-0.3, -0.25) is 0 Å². The molecule has 0 fully saturated rings. The van der Waals surface area contributed by atoms with Gasteiger partial charge in [-0.2, -0.15) is 0 Å². The van der Waals surface area contributed by atoms with Gasteiger partial charge in [0, 0.05) is 26.0 Å². The zero-order chi connectivity index (χ0) is 16.2. The van der Waals surface area contributed by atoms with Crippen LogP contribution >= 0.6 is 0 Å². The van der Waals surface area contributed by atoms with Crippen LogP contribution in [0.2, 0.25) is 0 Å². The van der Waals surface area contributed by atoms with Crippen LogP contribution in [-0.4, -0.2) is 41.0 Å². The maximum absolute atomic E-state index is 10.7. The van der Waals surface area contributed by atoms with Gasteiger partial charge in [-0.05, 0) is 6.42 Å². The largest absolute Gasteiger partial charge is 0.509 e. The van der Waals surface area contributed by atoms with E-state index in [0.717, 1.165) is 13.0 Å². The van der Waals surface area contributed by atoms with Gasteiger partial charge in [0.05, 0.1) is 0 Å². The Morgan fingerprint density at radius 3 is 2.09 bits per heavy atom. The van der Waals surface area contributed by atoms with E-state index in [-0.39, 0.29) is 0 Å². The van der Waals surface area contributed by atoms with Crippen molar-refractivity contribution in [2.45, 2.75) is 77.5 Å². The summed E-state index contributed by atoms with van der Waals surface area (Å²) in [4.78, 5) is 14.4. The zero-order valence-electron chi connectivity index (χ0n) is 14.2. The Balaban J connectivity index is 2.00. The number of nitrogens with zero attached hydrogens (tertiary/aromatic N) is 2. The lowest BCUT2D eigenvalue weighted by atomic mass is 10.1. The molecule has 1 atom stereocenters. The predicted molar refractivity (Wildman–Crippen MR) is 88.4 cm³/mol. The van der Waals surface area contributed by atoms with Crippen LogP contribution in [0.25, 0.3) is 0 Å². The monoisotopic (exact) mass is 312 g/mol. The lowest BCUT2D eigenvalue weighted by Gasteiger charge is -2.28. The average Bonchev–Trinajstić information content (AvgIpc) is 2.81. The highest BCUT2D eigenvalue weighted by molar-refractivity contribution is 5.57. The van der Waals surface area contributed by atoms with Crippen LogP contribution in [0.5, 0.6) is 0 Å². The standard InChI is InChI=1S/C17H32N2O3/c1-3-4-5-6-7-8-9-10-11-12-13-19-15-14-18(2)16(19)22-17(20)21/h14-16H,3-13H2,1-2H3,(H,20,21). The fraction of sp³-hybridized carbons (Fsp3) is 0.824. The third-order valence-corrected chi connectivity index (χ3v) is 4.10. The highest BCUT2D eigenvalue weighted by Crippen LogP contribution is 2.17. The summed E-state index contributed by atoms with van der Waals surface area (Å²) in [6.45, 7) is 3.09. The van der Waals surface area contributed by atoms with E-state index in [9.17, 15) is 4.79 Å². The van der Waals surface area contributed by atoms with E-state index >= 15 is 0 Å². The van der Waals surface area contributed by atoms with E-state index in [1.165, 1.54) is 57.8 Å². The van der Waals surface area contributed by atoms with Crippen molar-refractivity contribution in [1.82, 2.24) is 9.80 Å². The number of hydrogen-bond donors (Lipinski definition) is 1. The number of rotatable bonds is 12. The van der Waals surface area contributed by atoms with Crippen LogP contribution in [0, 0.1) is 0 Å². The molecule has 0 bridgehead atoms. The van der Waals surface area contributed by atoms with Gasteiger partial charge < -0.3 is 19.6 Å². The van der Waals surface area contributed by atoms with E-state index in [1.54, 1.807) is 4.90 Å². The molecule has 0 spiro atoms. The molecule has 0 radical (unpaired) electrons. The molecule has 0 aromatic rings. The zero-order valence-corrected chi connectivity index (χ0v) is 14.2. The number of carbonyl (C=O) groups is 1. The van der Waals surface area contributed by atoms with Crippen LogP contribution in [0.1, 0.15) is 71.1 Å². The van der Waals surface area contributed by atoms with Crippen LogP contribution in [0.4, 0.5) is 4.79 Å². The van der Waals surface area contributed by atoms with Crippen molar-refractivity contribution in [3.05, 3.63) is 12.4 Å². The molecule has 5 heteroatoms. The second-order valence-electron chi connectivity index (χ2n) is 6.09. The summed E-state index contributed by atoms with van der Waals surface area (Å²) in [5.74, 6) is 0. The molecule has 22 heavy (non-hydrogen) atoms. The molecule has 5 nitrogen and oxygen atoms in total. The molecule has 0 saturated heterocycles. The molecule has 0 amide bonds. The maximum Gasteiger partial charge on any atom is 0.509 e. The molecule has 0 saturated carbocycles. The fourth-order valence-corrected chi connectivity index (χ4v) is 2.78. The van der Waals surface area contributed by atoms with Gasteiger partial charge >= 0.3 is 6.16 Å². The van der Waals surface area contributed by atoms with Crippen LogP contribution in [0.3, 0.4) is 0 Å². The van der Waals surface area contributed by atoms with Crippen molar-refractivity contribution >= 4 is 6.16 Å². The minimum absolute atomic E-state index is 0.504. The Labute approximate surface area is 134 Å². The second-order valence-corrected chi connectivity index (χ2v) is 6.09. The third-order valence-electron chi connectivity index (χ3n) is 4.10. The molecule has 0 aliphatic carbocycles. The highest BCUT2D eigenvalue weighted by atomic mass is 16.7. The summed E-state index contributed by atoms with van der Waals surface area (Å²) in [7, 11) is 1.82. The quantitative estimate of drug-likeness (QED) is 0.421. The predicted octanol–water partition coefficient (Wildman–Crippen LogP) is 4.60. The number of unbranched alkanes of at least 4 members (excludes halogenated alkanes) is 9. The number of hydrogen-bond acceptors (Lipinski definition) is 4. The lowest BCUT2D eigenvalue weighted by Crippen LogP contribution is -2.40. The van der Waals surface area contributed by atoms with Crippen molar-refractivity contribution in [1.29, 1.82) is 0 Å². The SMILES string of the molecule is CCCCCCCCCCCCN1C=CN(C)C1OC(=O)O. The summed E-state index contributed by atoms with van der Waals surface area (Å²) < 4.78 is 4.88. The summed E-state index contributed by atoms with van der Waals surface area (Å²) in [6.07, 6.45) is 15.1. The first-order valence-corrected chi connectivity index (χ1v) is 8.70. The van der Waals surface area contributed by atoms with Crippen molar-refractivity contribution in [3.63, 3.8) is 0 Å². The molecule has 1 aliphatic heterocycles. The second kappa shape index (κ2) is 11.2. The molecule has 0 aromatic carbocycles. The fourth-order valence-electron chi connectivity index (χ4n) is 2.78. The van der Waals surface area contributed by atoms with Crippen molar-refractivity contribution in [3.8, 4) is 0 Å². The van der Waals surface area contributed by atoms with Crippen LogP contribution in [-0.2, 0) is 4.74 Å². The van der Waals surface area contributed by atoms with Crippen LogP contribution in [0.15, 0.2) is 12.4 Å². The number of carboxylic acid groups (broad SMARTS) is 1. The van der Waals surface area contributed by atoms with E-state index in [2.05, 4.69) is 6.92 Å². The van der Waals surface area contributed by atoms with Gasteiger partial charge in [0.1, 0.15) is 0 Å². The molecule has 128 valence electrons. The molecule has 1 N–H and O–H groups in total. The third kappa shape index (κ3) is 7.57. The Morgan fingerprint density at radius 2 is 1.55 bits per heavy atom. The molecule has 1 rings (SSSR count). The highest BCUT2D eigenvalue weighted by Gasteiger charge is 2.26. The summed E-state index contributed by atoms with van der Waals surface area (Å²) in [5.41, 5.74) is 0. The van der Waals surface area contributed by atoms with Crippen molar-refractivity contribution in [2.24, 2.45) is 0 Å². The van der Waals surface area contributed by atoms with Gasteiger partial charge in [0.2, 0.25) is 0 Å². The Bertz CT molecular complexity index is 334. The lowest BCUT2D eigenvalue weighted by molar-refractivity contribution is -0.0677. The minimum Gasteiger partial charge on any atom is -0.450 e. The first-order chi connectivity index (χ1) is 10.6. The van der Waals surface area contributed by atoms with E-state index in [1.807, 2.05) is 24.3 Å². The van der Waals surface area contributed by atoms with Gasteiger partial charge in [-0.25, -0.2) is 4.79 Å². The normalized spacial score (nSPS) is 17.3. The van der Waals surface area contributed by atoms with Gasteiger partial charge in [-0.15, -0.1) is 0 Å². The van der Waals surface area contributed by atoms with E-state index in [4.69, 9.17) is 9.84 Å². The molecule has 0 aromatic heterocycles. The summed E-state index contributed by atoms with van der Waals surface area (Å²) in [6, 6.07) is 0. The molecular formula is C17H32N2O3. The average molecular weight is 312 g/mol. The van der Waals surface area contributed by atoms with E-state index in [0.29, 0.717) is 0 Å². The summed E-state index contributed by atoms with van der Waals surface area (Å²) >= 11 is 0. The molecule has 1 heterocycles. The first-order valence-electron chi connectivity index (χ1n) is 8.70. The van der Waals surface area contributed by atoms with Gasteiger partial charge in [0.25, 0.3) is 6.35 Å². The van der Waals surface area contributed by atoms with Gasteiger partial charge in [0.15, 0.2) is 0 Å². The maximum atomic E-state index is 10.7. The summed E-state index contributed by atoms with van der Waals surface area (Å²) in [5, 5.41) is 8.75. The van der Waals surface area contributed by atoms with Crippen molar-refractivity contribution < 1.29 is 14.6 Å². The Hall–Kier alpha value is -1.39. The Kier molecular flexibility index (Phi) is 9.51. The topological polar surface area (TPSA) is 53.0 Å². The minimum atomic E-state index is -1.23. The molecule has 1 aliphatic rings. The van der Waals surface area contributed by atoms with Crippen molar-refractivity contribution in [2.75, 3.05) is 13.6 Å². The van der Waals surface area contributed by atoms with Crippen LogP contribution < -0.4 is 0 Å². The van der Waals surface area contributed by atoms with Gasteiger partial charge in [-0.1, -0.05) is 64.7 Å². The molecular weight excluding hydrogens is 280 g/mol. The smallest absolute Gasteiger partial charge is 0.450 e.